The molecule has 3 atom stereocenters. The number of amides is 1. The SMILES string of the molecule is CCCCCCCCC/C=C/CC/C=C/[C@@H](O)[C@H](COP(=O)([O-])OCC[N+](C)(C)C)NC(=O)CCCCCCCCCCC. The van der Waals surface area contributed by atoms with E-state index >= 15 is 0 Å². The summed E-state index contributed by atoms with van der Waals surface area (Å²) in [5.41, 5.74) is 0. The van der Waals surface area contributed by atoms with E-state index in [1.165, 1.54) is 83.5 Å². The topological polar surface area (TPSA) is 108 Å². The predicted octanol–water partition coefficient (Wildman–Crippen LogP) is 7.99. The van der Waals surface area contributed by atoms with Crippen molar-refractivity contribution < 1.29 is 32.9 Å². The molecule has 44 heavy (non-hydrogen) atoms. The molecule has 0 aliphatic rings. The summed E-state index contributed by atoms with van der Waals surface area (Å²) in [6.07, 6.45) is 29.4. The molecule has 9 heteroatoms. The quantitative estimate of drug-likeness (QED) is 0.0343. The molecule has 0 aliphatic heterocycles. The molecule has 0 aromatic rings. The number of carbonyl (C=O) groups excluding carboxylic acids is 1. The van der Waals surface area contributed by atoms with Crippen LogP contribution in [0.1, 0.15) is 142 Å². The van der Waals surface area contributed by atoms with Gasteiger partial charge in [-0.3, -0.25) is 9.36 Å². The van der Waals surface area contributed by atoms with E-state index in [2.05, 4.69) is 31.3 Å². The second kappa shape index (κ2) is 28.2. The van der Waals surface area contributed by atoms with E-state index in [0.717, 1.165) is 38.5 Å². The number of aliphatic hydroxyl groups excluding tert-OH is 1. The number of rotatable bonds is 31. The summed E-state index contributed by atoms with van der Waals surface area (Å²) in [6.45, 7) is 4.56. The Hall–Kier alpha value is -1.02. The molecule has 0 aromatic carbocycles. The first-order valence-electron chi connectivity index (χ1n) is 17.7. The second-order valence-corrected chi connectivity index (χ2v) is 14.6. The van der Waals surface area contributed by atoms with Gasteiger partial charge in [-0.15, -0.1) is 0 Å². The van der Waals surface area contributed by atoms with Gasteiger partial charge in [-0.2, -0.15) is 0 Å². The van der Waals surface area contributed by atoms with Gasteiger partial charge in [0.15, 0.2) is 0 Å². The van der Waals surface area contributed by atoms with Crippen LogP contribution in [0.25, 0.3) is 0 Å². The largest absolute Gasteiger partial charge is 0.756 e. The molecule has 0 aromatic heterocycles. The number of quaternary nitrogens is 1. The van der Waals surface area contributed by atoms with Crippen molar-refractivity contribution in [3.8, 4) is 0 Å². The van der Waals surface area contributed by atoms with E-state index in [1.54, 1.807) is 6.08 Å². The first kappa shape index (κ1) is 43.0. The fourth-order valence-electron chi connectivity index (χ4n) is 4.75. The van der Waals surface area contributed by atoms with Crippen LogP contribution in [0.3, 0.4) is 0 Å². The summed E-state index contributed by atoms with van der Waals surface area (Å²) in [7, 11) is 1.24. The van der Waals surface area contributed by atoms with Gasteiger partial charge in [0.25, 0.3) is 7.82 Å². The maximum atomic E-state index is 12.7. The Bertz CT molecular complexity index is 784. The molecule has 0 bridgehead atoms. The molecule has 1 amide bonds. The number of nitrogens with zero attached hydrogens (tertiary/aromatic N) is 1. The van der Waals surface area contributed by atoms with E-state index in [4.69, 9.17) is 9.05 Å². The summed E-state index contributed by atoms with van der Waals surface area (Å²) in [4.78, 5) is 25.0. The molecule has 0 aliphatic carbocycles. The number of allylic oxidation sites excluding steroid dienone is 3. The molecule has 0 saturated carbocycles. The van der Waals surface area contributed by atoms with Crippen LogP contribution in [0, 0.1) is 0 Å². The average Bonchev–Trinajstić information content (AvgIpc) is 2.95. The van der Waals surface area contributed by atoms with E-state index < -0.39 is 26.6 Å². The normalized spacial score (nSPS) is 15.2. The minimum Gasteiger partial charge on any atom is -0.756 e. The molecular formula is C35H69N2O6P. The molecule has 0 radical (unpaired) electrons. The number of phosphoric ester groups is 1. The van der Waals surface area contributed by atoms with Crippen molar-refractivity contribution in [3.63, 3.8) is 0 Å². The van der Waals surface area contributed by atoms with E-state index in [-0.39, 0.29) is 12.5 Å². The van der Waals surface area contributed by atoms with Gasteiger partial charge >= 0.3 is 0 Å². The number of hydrogen-bond acceptors (Lipinski definition) is 6. The third-order valence-electron chi connectivity index (χ3n) is 7.66. The summed E-state index contributed by atoms with van der Waals surface area (Å²) in [5, 5.41) is 13.6. The number of nitrogens with one attached hydrogen (secondary N) is 1. The highest BCUT2D eigenvalue weighted by atomic mass is 31.2. The number of aliphatic hydroxyl groups is 1. The van der Waals surface area contributed by atoms with Gasteiger partial charge in [0.2, 0.25) is 5.91 Å². The Labute approximate surface area is 271 Å². The van der Waals surface area contributed by atoms with Crippen molar-refractivity contribution in [1.29, 1.82) is 0 Å². The molecule has 1 unspecified atom stereocenters. The van der Waals surface area contributed by atoms with Crippen LogP contribution in [-0.2, 0) is 18.4 Å². The number of carbonyl (C=O) groups is 1. The molecule has 0 saturated heterocycles. The first-order valence-corrected chi connectivity index (χ1v) is 19.2. The van der Waals surface area contributed by atoms with Crippen LogP contribution < -0.4 is 10.2 Å². The van der Waals surface area contributed by atoms with Crippen LogP contribution in [0.5, 0.6) is 0 Å². The summed E-state index contributed by atoms with van der Waals surface area (Å²) in [6, 6.07) is -0.894. The Balaban J connectivity index is 4.66. The Morgan fingerprint density at radius 1 is 0.773 bits per heavy atom. The minimum atomic E-state index is -4.58. The second-order valence-electron chi connectivity index (χ2n) is 13.2. The van der Waals surface area contributed by atoms with Crippen molar-refractivity contribution >= 4 is 13.7 Å². The lowest BCUT2D eigenvalue weighted by molar-refractivity contribution is -0.870. The van der Waals surface area contributed by atoms with Crippen LogP contribution in [-0.4, -0.2) is 68.5 Å². The molecule has 0 spiro atoms. The molecular weight excluding hydrogens is 575 g/mol. The minimum absolute atomic E-state index is 0.00512. The number of hydrogen-bond donors (Lipinski definition) is 2. The Morgan fingerprint density at radius 3 is 1.84 bits per heavy atom. The number of phosphoric acid groups is 1. The molecule has 2 N–H and O–H groups in total. The van der Waals surface area contributed by atoms with Crippen molar-refractivity contribution in [2.24, 2.45) is 0 Å². The van der Waals surface area contributed by atoms with Gasteiger partial charge in [0, 0.05) is 6.42 Å². The van der Waals surface area contributed by atoms with Crippen molar-refractivity contribution in [2.45, 2.75) is 154 Å². The lowest BCUT2D eigenvalue weighted by Crippen LogP contribution is -2.45. The van der Waals surface area contributed by atoms with Gasteiger partial charge in [0.05, 0.1) is 39.9 Å². The summed E-state index contributed by atoms with van der Waals surface area (Å²) < 4.78 is 23.0. The van der Waals surface area contributed by atoms with Crippen LogP contribution in [0.2, 0.25) is 0 Å². The maximum absolute atomic E-state index is 12.7. The molecule has 8 nitrogen and oxygen atoms in total. The molecule has 260 valence electrons. The highest BCUT2D eigenvalue weighted by molar-refractivity contribution is 7.45. The fraction of sp³-hybridized carbons (Fsp3) is 0.857. The van der Waals surface area contributed by atoms with Crippen molar-refractivity contribution in [1.82, 2.24) is 5.32 Å². The van der Waals surface area contributed by atoms with E-state index in [0.29, 0.717) is 17.4 Å². The average molecular weight is 645 g/mol. The van der Waals surface area contributed by atoms with Gasteiger partial charge in [-0.25, -0.2) is 0 Å². The zero-order chi connectivity index (χ0) is 32.9. The lowest BCUT2D eigenvalue weighted by Gasteiger charge is -2.29. The molecule has 0 fully saturated rings. The monoisotopic (exact) mass is 644 g/mol. The Kier molecular flexibility index (Phi) is 27.6. The first-order chi connectivity index (χ1) is 21.0. The highest BCUT2D eigenvalue weighted by Gasteiger charge is 2.23. The van der Waals surface area contributed by atoms with Gasteiger partial charge in [-0.1, -0.05) is 128 Å². The maximum Gasteiger partial charge on any atom is 0.268 e. The van der Waals surface area contributed by atoms with E-state index in [9.17, 15) is 19.4 Å². The summed E-state index contributed by atoms with van der Waals surface area (Å²) >= 11 is 0. The van der Waals surface area contributed by atoms with Crippen molar-refractivity contribution in [2.75, 3.05) is 40.9 Å². The highest BCUT2D eigenvalue weighted by Crippen LogP contribution is 2.38. The lowest BCUT2D eigenvalue weighted by atomic mass is 10.1. The van der Waals surface area contributed by atoms with Crippen LogP contribution in [0.4, 0.5) is 0 Å². The third kappa shape index (κ3) is 29.7. The zero-order valence-electron chi connectivity index (χ0n) is 29.1. The molecule has 0 heterocycles. The Morgan fingerprint density at radius 2 is 1.27 bits per heavy atom. The smallest absolute Gasteiger partial charge is 0.268 e. The predicted molar refractivity (Wildman–Crippen MR) is 182 cm³/mol. The molecule has 0 rings (SSSR count). The van der Waals surface area contributed by atoms with Gasteiger partial charge < -0.3 is 28.8 Å². The van der Waals surface area contributed by atoms with E-state index in [1.807, 2.05) is 27.2 Å². The summed E-state index contributed by atoms with van der Waals surface area (Å²) in [5.74, 6) is -0.214. The van der Waals surface area contributed by atoms with Gasteiger partial charge in [-0.05, 0) is 32.1 Å². The van der Waals surface area contributed by atoms with Gasteiger partial charge in [0.1, 0.15) is 13.2 Å². The number of unbranched alkanes of at least 4 members (excludes halogenated alkanes) is 16. The zero-order valence-corrected chi connectivity index (χ0v) is 30.0. The van der Waals surface area contributed by atoms with Crippen molar-refractivity contribution in [3.05, 3.63) is 24.3 Å². The number of likely N-dealkylation sites (N-methyl/N-ethyl adjacent to an activating group) is 1. The standard InChI is InChI=1S/C35H69N2O6P/c1-6-8-10-12-14-16-17-18-19-21-22-24-26-28-34(38)33(32-43-44(40,41)42-31-30-37(3,4)5)36-35(39)29-27-25-23-20-15-13-11-9-7-2/h19,21,26,28,33-34,38H,6-18,20,22-25,27,29-32H2,1-5H3,(H-,36,39,40,41)/b21-19+,28-26+/t33-,34+/m0/s1. The fourth-order valence-corrected chi connectivity index (χ4v) is 5.48. The van der Waals surface area contributed by atoms with Crippen LogP contribution >= 0.6 is 7.82 Å². The third-order valence-corrected chi connectivity index (χ3v) is 8.63. The van der Waals surface area contributed by atoms with Crippen LogP contribution in [0.15, 0.2) is 24.3 Å².